The van der Waals surface area contributed by atoms with Crippen LogP contribution in [0.5, 0.6) is 0 Å². The first kappa shape index (κ1) is 14.3. The summed E-state index contributed by atoms with van der Waals surface area (Å²) in [6.07, 6.45) is 2.01. The first-order valence-electron chi connectivity index (χ1n) is 6.86. The normalized spacial score (nSPS) is 35.5. The van der Waals surface area contributed by atoms with Gasteiger partial charge in [0.05, 0.1) is 29.1 Å². The third-order valence-electron chi connectivity index (χ3n) is 4.32. The largest absolute Gasteiger partial charge is 0.481 e. The third kappa shape index (κ3) is 2.76. The lowest BCUT2D eigenvalue weighted by molar-refractivity contribution is -0.153. The summed E-state index contributed by atoms with van der Waals surface area (Å²) >= 11 is 0. The number of nitrogens with one attached hydrogen (secondary N) is 1. The number of aliphatic carboxylic acids is 1. The van der Waals surface area contributed by atoms with E-state index in [1.807, 2.05) is 27.7 Å². The summed E-state index contributed by atoms with van der Waals surface area (Å²) in [6.45, 7) is 7.93. The van der Waals surface area contributed by atoms with E-state index in [9.17, 15) is 9.59 Å². The average Bonchev–Trinajstić information content (AvgIpc) is 2.30. The van der Waals surface area contributed by atoms with E-state index < -0.39 is 17.5 Å². The van der Waals surface area contributed by atoms with Crippen molar-refractivity contribution in [3.05, 3.63) is 0 Å². The topological polar surface area (TPSA) is 75.6 Å². The maximum Gasteiger partial charge on any atom is 0.307 e. The van der Waals surface area contributed by atoms with Crippen molar-refractivity contribution in [2.45, 2.75) is 64.2 Å². The molecule has 0 bridgehead atoms. The van der Waals surface area contributed by atoms with E-state index in [0.717, 1.165) is 6.42 Å². The SMILES string of the molecule is CC1(C)CC(NC(=O)C2CCC2C(=O)O)C(C)(C)O1. The molecular weight excluding hydrogens is 246 g/mol. The highest BCUT2D eigenvalue weighted by molar-refractivity contribution is 5.86. The third-order valence-corrected chi connectivity index (χ3v) is 4.32. The smallest absolute Gasteiger partial charge is 0.307 e. The van der Waals surface area contributed by atoms with Crippen LogP contribution in [0.15, 0.2) is 0 Å². The number of carboxylic acids is 1. The van der Waals surface area contributed by atoms with Gasteiger partial charge < -0.3 is 15.2 Å². The molecule has 2 N–H and O–H groups in total. The van der Waals surface area contributed by atoms with Gasteiger partial charge in [-0.3, -0.25) is 9.59 Å². The summed E-state index contributed by atoms with van der Waals surface area (Å²) in [6, 6.07) is -0.0648. The fourth-order valence-electron chi connectivity index (χ4n) is 3.18. The molecule has 3 atom stereocenters. The minimum absolute atomic E-state index is 0.0648. The molecule has 1 aliphatic carbocycles. The Morgan fingerprint density at radius 2 is 1.74 bits per heavy atom. The van der Waals surface area contributed by atoms with E-state index in [4.69, 9.17) is 9.84 Å². The van der Waals surface area contributed by atoms with Crippen LogP contribution in [0.1, 0.15) is 47.0 Å². The number of hydrogen-bond acceptors (Lipinski definition) is 3. The zero-order valence-electron chi connectivity index (χ0n) is 12.0. The quantitative estimate of drug-likeness (QED) is 0.815. The first-order valence-corrected chi connectivity index (χ1v) is 6.86. The molecule has 2 aliphatic rings. The molecule has 1 saturated heterocycles. The van der Waals surface area contributed by atoms with Crippen LogP contribution < -0.4 is 5.32 Å². The standard InChI is InChI=1S/C14H23NO4/c1-13(2)7-10(14(3,4)19-13)15-11(16)8-5-6-9(8)12(17)18/h8-10H,5-7H2,1-4H3,(H,15,16)(H,17,18). The highest BCUT2D eigenvalue weighted by Crippen LogP contribution is 2.39. The van der Waals surface area contributed by atoms with Gasteiger partial charge in [-0.2, -0.15) is 0 Å². The van der Waals surface area contributed by atoms with Gasteiger partial charge >= 0.3 is 5.97 Å². The highest BCUT2D eigenvalue weighted by atomic mass is 16.5. The molecule has 0 aromatic rings. The molecule has 3 unspecified atom stereocenters. The molecule has 5 nitrogen and oxygen atoms in total. The number of ether oxygens (including phenoxy) is 1. The number of carbonyl (C=O) groups is 2. The number of carbonyl (C=O) groups excluding carboxylic acids is 1. The molecule has 0 spiro atoms. The molecule has 108 valence electrons. The summed E-state index contributed by atoms with van der Waals surface area (Å²) in [5.74, 6) is -1.90. The maximum atomic E-state index is 12.2. The van der Waals surface area contributed by atoms with Gasteiger partial charge in [-0.05, 0) is 47.0 Å². The van der Waals surface area contributed by atoms with Crippen LogP contribution in [-0.2, 0) is 14.3 Å². The fourth-order valence-corrected chi connectivity index (χ4v) is 3.18. The molecule has 2 rings (SSSR count). The van der Waals surface area contributed by atoms with Crippen molar-refractivity contribution < 1.29 is 19.4 Å². The van der Waals surface area contributed by atoms with Crippen LogP contribution in [0.3, 0.4) is 0 Å². The molecule has 1 aliphatic heterocycles. The zero-order valence-corrected chi connectivity index (χ0v) is 12.0. The molecule has 1 saturated carbocycles. The molecule has 5 heteroatoms. The van der Waals surface area contributed by atoms with E-state index in [-0.39, 0.29) is 23.5 Å². The van der Waals surface area contributed by atoms with E-state index in [1.54, 1.807) is 0 Å². The predicted molar refractivity (Wildman–Crippen MR) is 69.6 cm³/mol. The maximum absolute atomic E-state index is 12.2. The fraction of sp³-hybridized carbons (Fsp3) is 0.857. The van der Waals surface area contributed by atoms with Gasteiger partial charge in [0.2, 0.25) is 5.91 Å². The van der Waals surface area contributed by atoms with Gasteiger partial charge in [0.1, 0.15) is 0 Å². The Morgan fingerprint density at radius 3 is 2.11 bits per heavy atom. The summed E-state index contributed by atoms with van der Waals surface area (Å²) in [5.41, 5.74) is -0.672. The second-order valence-electron chi connectivity index (χ2n) is 6.86. The predicted octanol–water partition coefficient (Wildman–Crippen LogP) is 1.56. The van der Waals surface area contributed by atoms with Gasteiger partial charge in [0.15, 0.2) is 0 Å². The molecule has 0 radical (unpaired) electrons. The van der Waals surface area contributed by atoms with Crippen molar-refractivity contribution in [1.82, 2.24) is 5.32 Å². The lowest BCUT2D eigenvalue weighted by atomic mass is 9.73. The minimum atomic E-state index is -0.867. The van der Waals surface area contributed by atoms with Crippen LogP contribution in [-0.4, -0.2) is 34.2 Å². The number of amides is 1. The van der Waals surface area contributed by atoms with Crippen molar-refractivity contribution in [1.29, 1.82) is 0 Å². The summed E-state index contributed by atoms with van der Waals surface area (Å²) in [4.78, 5) is 23.1. The van der Waals surface area contributed by atoms with Gasteiger partial charge in [0, 0.05) is 0 Å². The molecule has 0 aromatic heterocycles. The average molecular weight is 269 g/mol. The van der Waals surface area contributed by atoms with E-state index in [2.05, 4.69) is 5.32 Å². The van der Waals surface area contributed by atoms with Crippen molar-refractivity contribution in [3.63, 3.8) is 0 Å². The van der Waals surface area contributed by atoms with Crippen LogP contribution in [0.4, 0.5) is 0 Å². The van der Waals surface area contributed by atoms with Crippen LogP contribution in [0.25, 0.3) is 0 Å². The summed E-state index contributed by atoms with van der Waals surface area (Å²) in [7, 11) is 0. The Kier molecular flexibility index (Phi) is 3.37. The van der Waals surface area contributed by atoms with Gasteiger partial charge in [-0.15, -0.1) is 0 Å². The molecule has 0 aromatic carbocycles. The summed E-state index contributed by atoms with van der Waals surface area (Å²) < 4.78 is 5.92. The number of hydrogen-bond donors (Lipinski definition) is 2. The second-order valence-corrected chi connectivity index (χ2v) is 6.86. The minimum Gasteiger partial charge on any atom is -0.481 e. The van der Waals surface area contributed by atoms with Crippen molar-refractivity contribution in [2.24, 2.45) is 11.8 Å². The van der Waals surface area contributed by atoms with Crippen molar-refractivity contribution in [3.8, 4) is 0 Å². The van der Waals surface area contributed by atoms with Gasteiger partial charge in [-0.1, -0.05) is 0 Å². The van der Waals surface area contributed by atoms with Crippen molar-refractivity contribution in [2.75, 3.05) is 0 Å². The van der Waals surface area contributed by atoms with Crippen LogP contribution >= 0.6 is 0 Å². The van der Waals surface area contributed by atoms with Crippen LogP contribution in [0.2, 0.25) is 0 Å². The highest BCUT2D eigenvalue weighted by Gasteiger charge is 2.48. The van der Waals surface area contributed by atoms with Crippen LogP contribution in [0, 0.1) is 11.8 Å². The molecule has 2 fully saturated rings. The molecule has 19 heavy (non-hydrogen) atoms. The lowest BCUT2D eigenvalue weighted by Crippen LogP contribution is -2.52. The Balaban J connectivity index is 1.98. The van der Waals surface area contributed by atoms with Crippen molar-refractivity contribution >= 4 is 11.9 Å². The number of rotatable bonds is 3. The Bertz CT molecular complexity index is 402. The van der Waals surface area contributed by atoms with Gasteiger partial charge in [0.25, 0.3) is 0 Å². The lowest BCUT2D eigenvalue weighted by Gasteiger charge is -2.34. The first-order chi connectivity index (χ1) is 8.62. The van der Waals surface area contributed by atoms with E-state index in [1.165, 1.54) is 0 Å². The second kappa shape index (κ2) is 4.47. The number of carboxylic acid groups (broad SMARTS) is 1. The zero-order chi connectivity index (χ0) is 14.4. The molecular formula is C14H23NO4. The summed E-state index contributed by atoms with van der Waals surface area (Å²) in [5, 5.41) is 12.0. The molecule has 1 amide bonds. The monoisotopic (exact) mass is 269 g/mol. The van der Waals surface area contributed by atoms with E-state index >= 15 is 0 Å². The molecule has 1 heterocycles. The van der Waals surface area contributed by atoms with Gasteiger partial charge in [-0.25, -0.2) is 0 Å². The Labute approximate surface area is 113 Å². The van der Waals surface area contributed by atoms with E-state index in [0.29, 0.717) is 12.8 Å². The Hall–Kier alpha value is -1.10. The Morgan fingerprint density at radius 1 is 1.16 bits per heavy atom.